The first-order valence-electron chi connectivity index (χ1n) is 14.3. The molecule has 1 saturated heterocycles. The number of carbonyl (C=O) groups excluding carboxylic acids is 2. The minimum absolute atomic E-state index is 0.0819. The van der Waals surface area contributed by atoms with Crippen molar-refractivity contribution in [2.24, 2.45) is 17.8 Å². The number of nitrogens with one attached hydrogen (secondary N) is 2. The molecule has 1 aromatic heterocycles. The summed E-state index contributed by atoms with van der Waals surface area (Å²) in [5, 5.41) is 25.8. The van der Waals surface area contributed by atoms with E-state index in [2.05, 4.69) is 27.4 Å². The third-order valence-electron chi connectivity index (χ3n) is 9.32. The summed E-state index contributed by atoms with van der Waals surface area (Å²) in [5.41, 5.74) is 1.57. The van der Waals surface area contributed by atoms with Crippen LogP contribution < -0.4 is 20.4 Å². The lowest BCUT2D eigenvalue weighted by atomic mass is 9.52. The number of amides is 2. The van der Waals surface area contributed by atoms with Crippen molar-refractivity contribution in [2.75, 3.05) is 42.6 Å². The monoisotopic (exact) mass is 533 g/mol. The van der Waals surface area contributed by atoms with E-state index < -0.39 is 5.60 Å². The Labute approximate surface area is 229 Å². The summed E-state index contributed by atoms with van der Waals surface area (Å²) in [4.78, 5) is 34.8. The highest BCUT2D eigenvalue weighted by Crippen LogP contribution is 2.55. The van der Waals surface area contributed by atoms with Crippen molar-refractivity contribution in [1.82, 2.24) is 15.6 Å². The lowest BCUT2D eigenvalue weighted by Gasteiger charge is -2.58. The minimum Gasteiger partial charge on any atom is -0.395 e. The van der Waals surface area contributed by atoms with Crippen LogP contribution in [0.4, 0.5) is 11.5 Å². The van der Waals surface area contributed by atoms with Crippen LogP contribution in [0.15, 0.2) is 42.5 Å². The number of carbonyl (C=O) groups is 2. The fourth-order valence-corrected chi connectivity index (χ4v) is 7.78. The number of pyridine rings is 1. The Morgan fingerprint density at radius 2 is 1.77 bits per heavy atom. The Balaban J connectivity index is 1.08. The topological polar surface area (TPSA) is 118 Å². The van der Waals surface area contributed by atoms with E-state index >= 15 is 0 Å². The second-order valence-electron chi connectivity index (χ2n) is 12.1. The lowest BCUT2D eigenvalue weighted by Crippen LogP contribution is -2.61. The molecule has 7 rings (SSSR count). The molecule has 9 heteroatoms. The summed E-state index contributed by atoms with van der Waals surface area (Å²) in [6.45, 7) is 4.68. The van der Waals surface area contributed by atoms with Crippen molar-refractivity contribution < 1.29 is 19.8 Å². The summed E-state index contributed by atoms with van der Waals surface area (Å²) in [6, 6.07) is 13.5. The second-order valence-corrected chi connectivity index (χ2v) is 12.1. The molecule has 5 aliphatic rings. The van der Waals surface area contributed by atoms with Gasteiger partial charge in [-0.15, -0.1) is 0 Å². The van der Waals surface area contributed by atoms with Gasteiger partial charge in [-0.25, -0.2) is 4.98 Å². The fourth-order valence-electron chi connectivity index (χ4n) is 7.78. The molecule has 5 fully saturated rings. The smallest absolute Gasteiger partial charge is 0.270 e. The van der Waals surface area contributed by atoms with E-state index in [-0.39, 0.29) is 37.0 Å². The van der Waals surface area contributed by atoms with Crippen LogP contribution in [0.3, 0.4) is 0 Å². The molecule has 4 saturated carbocycles. The lowest BCUT2D eigenvalue weighted by molar-refractivity contribution is -0.136. The van der Waals surface area contributed by atoms with Crippen LogP contribution >= 0.6 is 0 Å². The first-order valence-corrected chi connectivity index (χ1v) is 14.3. The molecule has 1 aromatic carbocycles. The molecule has 3 atom stereocenters. The van der Waals surface area contributed by atoms with E-state index in [9.17, 15) is 14.7 Å². The maximum atomic E-state index is 13.3. The number of piperazine rings is 1. The summed E-state index contributed by atoms with van der Waals surface area (Å²) in [7, 11) is 0. The molecule has 2 amide bonds. The summed E-state index contributed by atoms with van der Waals surface area (Å²) < 4.78 is 0. The molecule has 1 aliphatic heterocycles. The molecular weight excluding hydrogens is 494 g/mol. The van der Waals surface area contributed by atoms with Gasteiger partial charge < -0.3 is 30.6 Å². The van der Waals surface area contributed by atoms with E-state index in [0.717, 1.165) is 63.2 Å². The van der Waals surface area contributed by atoms with Gasteiger partial charge in [-0.3, -0.25) is 9.59 Å². The van der Waals surface area contributed by atoms with Gasteiger partial charge in [-0.2, -0.15) is 0 Å². The number of nitrogens with zero attached hydrogens (tertiary/aromatic N) is 3. The molecule has 0 radical (unpaired) electrons. The molecule has 39 heavy (non-hydrogen) atoms. The van der Waals surface area contributed by atoms with Crippen molar-refractivity contribution in [3.05, 3.63) is 53.7 Å². The number of benzene rings is 1. The van der Waals surface area contributed by atoms with E-state index in [1.54, 1.807) is 6.07 Å². The van der Waals surface area contributed by atoms with Crippen LogP contribution in [0.1, 0.15) is 59.9 Å². The number of hydrogen-bond donors (Lipinski definition) is 4. The summed E-state index contributed by atoms with van der Waals surface area (Å²) >= 11 is 0. The molecule has 2 heterocycles. The van der Waals surface area contributed by atoms with E-state index in [4.69, 9.17) is 10.1 Å². The molecule has 3 unspecified atom stereocenters. The van der Waals surface area contributed by atoms with E-state index in [1.165, 1.54) is 0 Å². The van der Waals surface area contributed by atoms with Crippen molar-refractivity contribution in [2.45, 2.75) is 56.7 Å². The van der Waals surface area contributed by atoms with Gasteiger partial charge in [0.15, 0.2) is 0 Å². The molecule has 2 aromatic rings. The quantitative estimate of drug-likeness (QED) is 0.431. The van der Waals surface area contributed by atoms with E-state index in [0.29, 0.717) is 29.0 Å². The molecule has 4 aliphatic carbocycles. The Kier molecular flexibility index (Phi) is 6.97. The normalized spacial score (nSPS) is 31.3. The number of aromatic nitrogens is 1. The van der Waals surface area contributed by atoms with Gasteiger partial charge in [0.25, 0.3) is 11.8 Å². The Hall–Kier alpha value is -3.17. The third kappa shape index (κ3) is 5.22. The van der Waals surface area contributed by atoms with Gasteiger partial charge in [-0.1, -0.05) is 6.07 Å². The van der Waals surface area contributed by atoms with Gasteiger partial charge in [-0.05, 0) is 93.2 Å². The van der Waals surface area contributed by atoms with Crippen molar-refractivity contribution in [3.63, 3.8) is 0 Å². The van der Waals surface area contributed by atoms with Crippen LogP contribution in [-0.2, 0) is 0 Å². The van der Waals surface area contributed by atoms with Crippen molar-refractivity contribution >= 4 is 23.3 Å². The van der Waals surface area contributed by atoms with Crippen LogP contribution in [0.2, 0.25) is 0 Å². The van der Waals surface area contributed by atoms with Gasteiger partial charge in [0.05, 0.1) is 12.2 Å². The molecular formula is C30H39N5O4. The minimum atomic E-state index is -0.509. The van der Waals surface area contributed by atoms with Crippen LogP contribution in [-0.4, -0.2) is 77.5 Å². The average Bonchev–Trinajstić information content (AvgIpc) is 2.92. The molecule has 4 N–H and O–H groups in total. The highest BCUT2D eigenvalue weighted by Gasteiger charge is 2.55. The SMILES string of the molecule is CC1CN(c2ccc(C(=O)NCCO)cc2)CCN1c1cccc(C(=O)NC2C3CC4CC2CC(O)(C4)C3)n1. The molecule has 208 valence electrons. The van der Waals surface area contributed by atoms with Crippen molar-refractivity contribution in [3.8, 4) is 0 Å². The number of aliphatic hydroxyl groups is 2. The number of rotatable bonds is 7. The van der Waals surface area contributed by atoms with Crippen molar-refractivity contribution in [1.29, 1.82) is 0 Å². The largest absolute Gasteiger partial charge is 0.395 e. The summed E-state index contributed by atoms with van der Waals surface area (Å²) in [5.74, 6) is 1.85. The molecule has 0 spiro atoms. The standard InChI is InChI=1S/C30H39N5O4/c1-19-18-34(24-7-5-21(6-8-24)28(37)31-9-12-36)10-11-35(19)26-4-2-3-25(32-26)29(38)33-27-22-13-20-14-23(27)17-30(39,15-20)16-22/h2-8,19-20,22-23,27,36,39H,9-18H2,1H3,(H,31,37)(H,33,38). The first-order chi connectivity index (χ1) is 18.8. The maximum absolute atomic E-state index is 13.3. The highest BCUT2D eigenvalue weighted by molar-refractivity contribution is 5.94. The third-order valence-corrected chi connectivity index (χ3v) is 9.32. The van der Waals surface area contributed by atoms with Gasteiger partial charge >= 0.3 is 0 Å². The predicted octanol–water partition coefficient (Wildman–Crippen LogP) is 2.19. The summed E-state index contributed by atoms with van der Waals surface area (Å²) in [6.07, 6.45) is 4.76. The van der Waals surface area contributed by atoms with Crippen LogP contribution in [0.5, 0.6) is 0 Å². The predicted molar refractivity (Wildman–Crippen MR) is 149 cm³/mol. The van der Waals surface area contributed by atoms with Crippen LogP contribution in [0.25, 0.3) is 0 Å². The molecule has 4 bridgehead atoms. The Bertz CT molecular complexity index is 1200. The number of hydrogen-bond acceptors (Lipinski definition) is 7. The van der Waals surface area contributed by atoms with Gasteiger partial charge in [0, 0.05) is 49.5 Å². The second kappa shape index (κ2) is 10.4. The molecule has 9 nitrogen and oxygen atoms in total. The van der Waals surface area contributed by atoms with Gasteiger partial charge in [0.1, 0.15) is 11.5 Å². The average molecular weight is 534 g/mol. The van der Waals surface area contributed by atoms with Crippen LogP contribution in [0, 0.1) is 17.8 Å². The Morgan fingerprint density at radius 3 is 2.44 bits per heavy atom. The highest BCUT2D eigenvalue weighted by atomic mass is 16.3. The van der Waals surface area contributed by atoms with E-state index in [1.807, 2.05) is 36.4 Å². The fraction of sp³-hybridized carbons (Fsp3) is 0.567. The number of aliphatic hydroxyl groups excluding tert-OH is 1. The zero-order chi connectivity index (χ0) is 27.1. The Morgan fingerprint density at radius 1 is 1.03 bits per heavy atom. The first kappa shape index (κ1) is 26.1. The maximum Gasteiger partial charge on any atom is 0.270 e. The zero-order valence-corrected chi connectivity index (χ0v) is 22.6. The van der Waals surface area contributed by atoms with Gasteiger partial charge in [0.2, 0.25) is 0 Å². The number of anilines is 2. The zero-order valence-electron chi connectivity index (χ0n) is 22.6.